The van der Waals surface area contributed by atoms with Gasteiger partial charge in [-0.15, -0.1) is 0 Å². The average Bonchev–Trinajstić information content (AvgIpc) is 3.02. The molecule has 1 aliphatic heterocycles. The normalized spacial score (nSPS) is 39.3. The first-order valence-corrected chi connectivity index (χ1v) is 8.80. The first kappa shape index (κ1) is 15.6. The zero-order chi connectivity index (χ0) is 16.1. The van der Waals surface area contributed by atoms with Crippen LogP contribution in [0, 0.1) is 17.7 Å². The number of ether oxygens (including phenoxy) is 2. The van der Waals surface area contributed by atoms with Crippen LogP contribution >= 0.6 is 0 Å². The summed E-state index contributed by atoms with van der Waals surface area (Å²) in [4.78, 5) is 0. The third kappa shape index (κ3) is 2.19. The summed E-state index contributed by atoms with van der Waals surface area (Å²) in [6.45, 7) is 3.47. The molecule has 1 aromatic carbocycles. The second kappa shape index (κ2) is 5.54. The molecule has 4 rings (SSSR count). The Morgan fingerprint density at radius 3 is 2.70 bits per heavy atom. The molecule has 0 bridgehead atoms. The fourth-order valence-electron chi connectivity index (χ4n) is 5.46. The Balaban J connectivity index is 1.78. The van der Waals surface area contributed by atoms with Crippen LogP contribution in [0.5, 0.6) is 0 Å². The first-order chi connectivity index (χ1) is 11.1. The number of hydrogen-bond donors (Lipinski definition) is 1. The summed E-state index contributed by atoms with van der Waals surface area (Å²) in [6.07, 6.45) is 3.94. The summed E-state index contributed by atoms with van der Waals surface area (Å²) >= 11 is 0. The van der Waals surface area contributed by atoms with Crippen molar-refractivity contribution in [3.63, 3.8) is 0 Å². The number of fused-ring (bicyclic) bond motifs is 1. The van der Waals surface area contributed by atoms with Gasteiger partial charge in [-0.05, 0) is 42.9 Å². The summed E-state index contributed by atoms with van der Waals surface area (Å²) in [7, 11) is 0. The highest BCUT2D eigenvalue weighted by molar-refractivity contribution is 5.32. The lowest BCUT2D eigenvalue weighted by molar-refractivity contribution is -0.246. The summed E-state index contributed by atoms with van der Waals surface area (Å²) in [6, 6.07) is 6.82. The van der Waals surface area contributed by atoms with Crippen LogP contribution < -0.4 is 0 Å². The Morgan fingerprint density at radius 2 is 1.96 bits per heavy atom. The van der Waals surface area contributed by atoms with Crippen LogP contribution in [-0.4, -0.2) is 30.2 Å². The van der Waals surface area contributed by atoms with E-state index in [-0.39, 0.29) is 23.1 Å². The van der Waals surface area contributed by atoms with E-state index in [1.165, 1.54) is 6.07 Å². The zero-order valence-electron chi connectivity index (χ0n) is 13.6. The third-order valence-corrected chi connectivity index (χ3v) is 6.57. The topological polar surface area (TPSA) is 38.7 Å². The number of aliphatic hydroxyl groups is 1. The van der Waals surface area contributed by atoms with Gasteiger partial charge in [0, 0.05) is 17.8 Å². The fourth-order valence-corrected chi connectivity index (χ4v) is 5.46. The lowest BCUT2D eigenvalue weighted by atomic mass is 9.51. The van der Waals surface area contributed by atoms with Gasteiger partial charge in [-0.2, -0.15) is 0 Å². The van der Waals surface area contributed by atoms with E-state index >= 15 is 0 Å². The average molecular weight is 320 g/mol. The van der Waals surface area contributed by atoms with E-state index in [1.807, 2.05) is 6.07 Å². The molecule has 1 heterocycles. The molecule has 2 aliphatic carbocycles. The molecule has 4 heteroatoms. The predicted molar refractivity (Wildman–Crippen MR) is 84.5 cm³/mol. The number of hydrogen-bond acceptors (Lipinski definition) is 3. The van der Waals surface area contributed by atoms with Gasteiger partial charge in [0.1, 0.15) is 5.82 Å². The van der Waals surface area contributed by atoms with Crippen LogP contribution in [-0.2, 0) is 14.9 Å². The van der Waals surface area contributed by atoms with E-state index < -0.39 is 11.9 Å². The molecular formula is C19H25FO3. The maximum Gasteiger partial charge on any atom is 0.171 e. The minimum absolute atomic E-state index is 0.192. The van der Waals surface area contributed by atoms with Crippen molar-refractivity contribution < 1.29 is 19.0 Å². The Bertz CT molecular complexity index is 584. The minimum atomic E-state index is -0.501. The smallest absolute Gasteiger partial charge is 0.171 e. The molecule has 0 aromatic heterocycles. The maximum atomic E-state index is 13.9. The van der Waals surface area contributed by atoms with Gasteiger partial charge >= 0.3 is 0 Å². The van der Waals surface area contributed by atoms with Crippen LogP contribution in [0.4, 0.5) is 4.39 Å². The van der Waals surface area contributed by atoms with E-state index in [2.05, 4.69) is 6.92 Å². The van der Waals surface area contributed by atoms with Gasteiger partial charge in [0.2, 0.25) is 0 Å². The van der Waals surface area contributed by atoms with Gasteiger partial charge < -0.3 is 14.6 Å². The molecule has 2 saturated carbocycles. The van der Waals surface area contributed by atoms with Crippen LogP contribution in [0.15, 0.2) is 24.3 Å². The first-order valence-electron chi connectivity index (χ1n) is 8.80. The summed E-state index contributed by atoms with van der Waals surface area (Å²) < 4.78 is 25.9. The van der Waals surface area contributed by atoms with Crippen molar-refractivity contribution in [2.24, 2.45) is 11.8 Å². The molecule has 3 nitrogen and oxygen atoms in total. The molecule has 4 atom stereocenters. The standard InChI is InChI=1S/C19H25FO3/c1-13-16-6-3-7-17(21)18(16,14-4-2-5-15(20)12-14)8-9-19(13)22-10-11-23-19/h2,4-5,12-13,16-17,21H,3,6-11H2,1H3/t13-,16-,17-,18+/m0/s1. The molecule has 3 aliphatic rings. The van der Waals surface area contributed by atoms with Crippen LogP contribution in [0.1, 0.15) is 44.6 Å². The van der Waals surface area contributed by atoms with E-state index in [4.69, 9.17) is 9.47 Å². The largest absolute Gasteiger partial charge is 0.392 e. The van der Waals surface area contributed by atoms with Gasteiger partial charge in [0.15, 0.2) is 5.79 Å². The maximum absolute atomic E-state index is 13.9. The third-order valence-electron chi connectivity index (χ3n) is 6.57. The monoisotopic (exact) mass is 320 g/mol. The molecule has 1 saturated heterocycles. The molecule has 3 fully saturated rings. The minimum Gasteiger partial charge on any atom is -0.392 e. The van der Waals surface area contributed by atoms with Crippen molar-refractivity contribution in [1.82, 2.24) is 0 Å². The van der Waals surface area contributed by atoms with Crippen molar-refractivity contribution in [2.75, 3.05) is 13.2 Å². The van der Waals surface area contributed by atoms with Gasteiger partial charge in [-0.1, -0.05) is 25.5 Å². The van der Waals surface area contributed by atoms with Gasteiger partial charge in [0.25, 0.3) is 0 Å². The second-order valence-corrected chi connectivity index (χ2v) is 7.40. The Labute approximate surface area is 136 Å². The lowest BCUT2D eigenvalue weighted by Crippen LogP contribution is -2.60. The highest BCUT2D eigenvalue weighted by Crippen LogP contribution is 2.58. The van der Waals surface area contributed by atoms with E-state index in [0.717, 1.165) is 37.7 Å². The van der Waals surface area contributed by atoms with E-state index in [9.17, 15) is 9.50 Å². The molecule has 0 unspecified atom stereocenters. The molecule has 23 heavy (non-hydrogen) atoms. The zero-order valence-corrected chi connectivity index (χ0v) is 13.6. The molecule has 0 amide bonds. The lowest BCUT2D eigenvalue weighted by Gasteiger charge is -2.57. The molecule has 1 N–H and O–H groups in total. The molecule has 126 valence electrons. The number of aliphatic hydroxyl groups excluding tert-OH is 1. The molecule has 0 radical (unpaired) electrons. The molecular weight excluding hydrogens is 295 g/mol. The van der Waals surface area contributed by atoms with Gasteiger partial charge in [-0.25, -0.2) is 4.39 Å². The van der Waals surface area contributed by atoms with Crippen molar-refractivity contribution in [2.45, 2.75) is 56.3 Å². The van der Waals surface area contributed by atoms with Gasteiger partial charge in [0.05, 0.1) is 19.3 Å². The Kier molecular flexibility index (Phi) is 3.74. The summed E-state index contributed by atoms with van der Waals surface area (Å²) in [5, 5.41) is 10.9. The highest BCUT2D eigenvalue weighted by atomic mass is 19.1. The Morgan fingerprint density at radius 1 is 1.17 bits per heavy atom. The van der Waals surface area contributed by atoms with E-state index in [0.29, 0.717) is 13.2 Å². The summed E-state index contributed by atoms with van der Waals surface area (Å²) in [5.74, 6) is -0.287. The highest BCUT2D eigenvalue weighted by Gasteiger charge is 2.60. The van der Waals surface area contributed by atoms with Crippen molar-refractivity contribution in [1.29, 1.82) is 0 Å². The van der Waals surface area contributed by atoms with Crippen LogP contribution in [0.2, 0.25) is 0 Å². The predicted octanol–water partition coefficient (Wildman–Crippen LogP) is 3.40. The molecule has 1 spiro atoms. The Hall–Kier alpha value is -0.970. The second-order valence-electron chi connectivity index (χ2n) is 7.40. The summed E-state index contributed by atoms with van der Waals surface area (Å²) in [5.41, 5.74) is 0.565. The van der Waals surface area contributed by atoms with Gasteiger partial charge in [-0.3, -0.25) is 0 Å². The number of benzene rings is 1. The van der Waals surface area contributed by atoms with Crippen molar-refractivity contribution >= 4 is 0 Å². The van der Waals surface area contributed by atoms with E-state index in [1.54, 1.807) is 12.1 Å². The fraction of sp³-hybridized carbons (Fsp3) is 0.684. The van der Waals surface area contributed by atoms with Crippen LogP contribution in [0.3, 0.4) is 0 Å². The van der Waals surface area contributed by atoms with Crippen molar-refractivity contribution in [3.05, 3.63) is 35.6 Å². The SMILES string of the molecule is C[C@H]1[C@@H]2CCC[C@H](O)[C@@]2(c2cccc(F)c2)CCC12OCCO2. The number of halogens is 1. The molecule has 1 aromatic rings. The number of rotatable bonds is 1. The quantitative estimate of drug-likeness (QED) is 0.862. The van der Waals surface area contributed by atoms with Crippen LogP contribution in [0.25, 0.3) is 0 Å². The van der Waals surface area contributed by atoms with Crippen molar-refractivity contribution in [3.8, 4) is 0 Å².